The predicted molar refractivity (Wildman–Crippen MR) is 142 cm³/mol. The van der Waals surface area contributed by atoms with E-state index in [1.54, 1.807) is 20.8 Å². The summed E-state index contributed by atoms with van der Waals surface area (Å²) in [5.74, 6) is -1.07. The van der Waals surface area contributed by atoms with Crippen LogP contribution in [0, 0.1) is 0 Å². The summed E-state index contributed by atoms with van der Waals surface area (Å²) in [7, 11) is -0.490. The molecule has 1 aromatic rings. The molecule has 1 atom stereocenters. The van der Waals surface area contributed by atoms with Gasteiger partial charge in [0.05, 0.1) is 11.2 Å². The molecule has 0 bridgehead atoms. The zero-order valence-corrected chi connectivity index (χ0v) is 23.2. The molecule has 1 aromatic carbocycles. The lowest BCUT2D eigenvalue weighted by Gasteiger charge is -2.37. The normalized spacial score (nSPS) is 21.1. The van der Waals surface area contributed by atoms with Crippen molar-refractivity contribution in [3.05, 3.63) is 29.8 Å². The third-order valence-electron chi connectivity index (χ3n) is 7.48. The van der Waals surface area contributed by atoms with Crippen LogP contribution < -0.4 is 21.8 Å². The molecular weight excluding hydrogens is 473 g/mol. The van der Waals surface area contributed by atoms with Gasteiger partial charge in [-0.25, -0.2) is 4.79 Å². The van der Waals surface area contributed by atoms with Crippen LogP contribution in [0.5, 0.6) is 0 Å². The van der Waals surface area contributed by atoms with Crippen LogP contribution in [0.1, 0.15) is 86.1 Å². The highest BCUT2D eigenvalue weighted by molar-refractivity contribution is 6.62. The summed E-state index contributed by atoms with van der Waals surface area (Å²) in [4.78, 5) is 38.3. The molecule has 0 radical (unpaired) electrons. The number of alkyl carbamates (subject to hydrolysis) is 1. The maximum Gasteiger partial charge on any atom is 0.494 e. The van der Waals surface area contributed by atoms with Crippen molar-refractivity contribution >= 4 is 30.5 Å². The van der Waals surface area contributed by atoms with Crippen molar-refractivity contribution in [2.45, 2.75) is 115 Å². The molecule has 0 aromatic heterocycles. The van der Waals surface area contributed by atoms with Gasteiger partial charge in [0.1, 0.15) is 17.2 Å². The zero-order valence-electron chi connectivity index (χ0n) is 23.2. The van der Waals surface area contributed by atoms with Gasteiger partial charge in [0, 0.05) is 6.42 Å². The maximum atomic E-state index is 13.5. The molecule has 2 fully saturated rings. The summed E-state index contributed by atoms with van der Waals surface area (Å²) < 4.78 is 17.6. The average molecular weight is 515 g/mol. The van der Waals surface area contributed by atoms with E-state index in [0.29, 0.717) is 12.8 Å². The second-order valence-electron chi connectivity index (χ2n) is 12.2. The molecule has 1 aliphatic carbocycles. The highest BCUT2D eigenvalue weighted by Gasteiger charge is 2.51. The van der Waals surface area contributed by atoms with Crippen molar-refractivity contribution in [1.82, 2.24) is 10.6 Å². The van der Waals surface area contributed by atoms with Gasteiger partial charge in [0.25, 0.3) is 0 Å². The Labute approximate surface area is 220 Å². The monoisotopic (exact) mass is 515 g/mol. The Morgan fingerprint density at radius 1 is 1.00 bits per heavy atom. The lowest BCUT2D eigenvalue weighted by atomic mass is 9.78. The number of nitrogens with two attached hydrogens (primary N) is 1. The average Bonchev–Trinajstić information content (AvgIpc) is 2.99. The van der Waals surface area contributed by atoms with Gasteiger partial charge in [-0.2, -0.15) is 0 Å². The standard InChI is InChI=1S/C27H42BN3O6/c1-24(2,3)35-23(34)31-27(15-9-8-10-16-27)22(33)30-20(21(29)32)17-18-11-13-19(14-12-18)28-36-25(4,5)26(6,7)37-28/h11-14,20H,8-10,15-17H2,1-7H3,(H2,29,32)(H,30,33)(H,31,34). The molecule has 4 N–H and O–H groups in total. The fraction of sp³-hybridized carbons (Fsp3) is 0.667. The Hall–Kier alpha value is -2.59. The number of ether oxygens (including phenoxy) is 1. The van der Waals surface area contributed by atoms with Crippen molar-refractivity contribution in [3.63, 3.8) is 0 Å². The van der Waals surface area contributed by atoms with Crippen molar-refractivity contribution in [3.8, 4) is 0 Å². The minimum atomic E-state index is -1.14. The summed E-state index contributed by atoms with van der Waals surface area (Å²) in [6, 6.07) is 6.60. The summed E-state index contributed by atoms with van der Waals surface area (Å²) >= 11 is 0. The second-order valence-corrected chi connectivity index (χ2v) is 12.2. The predicted octanol–water partition coefficient (Wildman–Crippen LogP) is 2.73. The molecule has 37 heavy (non-hydrogen) atoms. The first kappa shape index (κ1) is 29.0. The number of hydrogen-bond acceptors (Lipinski definition) is 6. The van der Waals surface area contributed by atoms with Crippen LogP contribution in [0.3, 0.4) is 0 Å². The van der Waals surface area contributed by atoms with E-state index in [-0.39, 0.29) is 6.42 Å². The molecule has 1 saturated carbocycles. The van der Waals surface area contributed by atoms with E-state index in [1.807, 2.05) is 52.0 Å². The van der Waals surface area contributed by atoms with Crippen LogP contribution >= 0.6 is 0 Å². The van der Waals surface area contributed by atoms with Crippen LogP contribution in [0.4, 0.5) is 4.79 Å². The molecule has 1 heterocycles. The van der Waals surface area contributed by atoms with Gasteiger partial charge in [-0.15, -0.1) is 0 Å². The van der Waals surface area contributed by atoms with Gasteiger partial charge < -0.3 is 30.4 Å². The minimum absolute atomic E-state index is 0.216. The zero-order chi connectivity index (χ0) is 27.6. The molecular formula is C27H42BN3O6. The summed E-state index contributed by atoms with van der Waals surface area (Å²) in [6.07, 6.45) is 3.03. The lowest BCUT2D eigenvalue weighted by Crippen LogP contribution is -2.63. The Balaban J connectivity index is 1.70. The Bertz CT molecular complexity index is 980. The fourth-order valence-corrected chi connectivity index (χ4v) is 4.61. The number of hydrogen-bond donors (Lipinski definition) is 3. The fourth-order valence-electron chi connectivity index (χ4n) is 4.61. The first-order chi connectivity index (χ1) is 17.0. The number of carbonyl (C=O) groups is 3. The van der Waals surface area contributed by atoms with Crippen LogP contribution in [0.15, 0.2) is 24.3 Å². The van der Waals surface area contributed by atoms with E-state index in [2.05, 4.69) is 10.6 Å². The Kier molecular flexibility index (Phi) is 8.34. The van der Waals surface area contributed by atoms with E-state index in [4.69, 9.17) is 19.8 Å². The van der Waals surface area contributed by atoms with Gasteiger partial charge in [0.15, 0.2) is 0 Å². The largest absolute Gasteiger partial charge is 0.494 e. The van der Waals surface area contributed by atoms with E-state index >= 15 is 0 Å². The topological polar surface area (TPSA) is 129 Å². The Morgan fingerprint density at radius 3 is 2.03 bits per heavy atom. The van der Waals surface area contributed by atoms with Crippen LogP contribution in [0.2, 0.25) is 0 Å². The SMILES string of the molecule is CC(C)(C)OC(=O)NC1(C(=O)NC(Cc2ccc(B3OC(C)(C)C(C)(C)O3)cc2)C(N)=O)CCCCC1. The second kappa shape index (κ2) is 10.7. The maximum absolute atomic E-state index is 13.5. The van der Waals surface area contributed by atoms with E-state index < -0.39 is 53.4 Å². The summed E-state index contributed by atoms with van der Waals surface area (Å²) in [5, 5.41) is 5.60. The first-order valence-corrected chi connectivity index (χ1v) is 13.1. The highest BCUT2D eigenvalue weighted by Crippen LogP contribution is 2.36. The van der Waals surface area contributed by atoms with E-state index in [9.17, 15) is 14.4 Å². The van der Waals surface area contributed by atoms with Crippen LogP contribution in [-0.2, 0) is 30.1 Å². The summed E-state index contributed by atoms with van der Waals surface area (Å²) in [6.45, 7) is 13.3. The highest BCUT2D eigenvalue weighted by atomic mass is 16.7. The van der Waals surface area contributed by atoms with E-state index in [0.717, 1.165) is 30.3 Å². The quantitative estimate of drug-likeness (QED) is 0.479. The minimum Gasteiger partial charge on any atom is -0.444 e. The number of nitrogens with one attached hydrogen (secondary N) is 2. The van der Waals surface area contributed by atoms with Gasteiger partial charge >= 0.3 is 13.2 Å². The molecule has 3 amide bonds. The number of primary amides is 1. The molecule has 1 saturated heterocycles. The van der Waals surface area contributed by atoms with Crippen LogP contribution in [0.25, 0.3) is 0 Å². The molecule has 0 spiro atoms. The lowest BCUT2D eigenvalue weighted by molar-refractivity contribution is -0.133. The van der Waals surface area contributed by atoms with Crippen LogP contribution in [-0.4, -0.2) is 53.4 Å². The van der Waals surface area contributed by atoms with Gasteiger partial charge in [-0.1, -0.05) is 43.5 Å². The van der Waals surface area contributed by atoms with Crippen molar-refractivity contribution in [2.75, 3.05) is 0 Å². The molecule has 2 aliphatic rings. The van der Waals surface area contributed by atoms with Gasteiger partial charge in [-0.05, 0) is 72.3 Å². The summed E-state index contributed by atoms with van der Waals surface area (Å²) in [5.41, 5.74) is 4.63. The number of carbonyl (C=O) groups excluding carboxylic acids is 3. The van der Waals surface area contributed by atoms with Gasteiger partial charge in [0.2, 0.25) is 11.8 Å². The number of benzene rings is 1. The number of amides is 3. The Morgan fingerprint density at radius 2 is 1.54 bits per heavy atom. The smallest absolute Gasteiger partial charge is 0.444 e. The molecule has 3 rings (SSSR count). The van der Waals surface area contributed by atoms with E-state index in [1.165, 1.54) is 0 Å². The molecule has 10 heteroatoms. The van der Waals surface area contributed by atoms with Crippen molar-refractivity contribution in [2.24, 2.45) is 5.73 Å². The molecule has 1 aliphatic heterocycles. The molecule has 204 valence electrons. The number of rotatable bonds is 7. The van der Waals surface area contributed by atoms with Gasteiger partial charge in [-0.3, -0.25) is 9.59 Å². The van der Waals surface area contributed by atoms with Crippen molar-refractivity contribution < 1.29 is 28.4 Å². The first-order valence-electron chi connectivity index (χ1n) is 13.1. The third kappa shape index (κ3) is 7.05. The van der Waals surface area contributed by atoms with Crippen molar-refractivity contribution in [1.29, 1.82) is 0 Å². The molecule has 9 nitrogen and oxygen atoms in total. The molecule has 1 unspecified atom stereocenters. The third-order valence-corrected chi connectivity index (χ3v) is 7.48.